The van der Waals surface area contributed by atoms with Gasteiger partial charge in [-0.1, -0.05) is 45.9 Å². The van der Waals surface area contributed by atoms with Crippen LogP contribution >= 0.6 is 21.6 Å². The van der Waals surface area contributed by atoms with Gasteiger partial charge in [-0.15, -0.1) is 0 Å². The molecule has 4 aromatic rings. The summed E-state index contributed by atoms with van der Waals surface area (Å²) in [6, 6.07) is 18.7. The summed E-state index contributed by atoms with van der Waals surface area (Å²) in [6.45, 7) is 7.00. The van der Waals surface area contributed by atoms with Gasteiger partial charge in [0, 0.05) is 61.8 Å². The molecule has 0 radical (unpaired) electrons. The molecule has 2 aromatic heterocycles. The molecule has 2 aromatic carbocycles. The van der Waals surface area contributed by atoms with Crippen molar-refractivity contribution >= 4 is 57.3 Å². The van der Waals surface area contributed by atoms with Gasteiger partial charge in [0.05, 0.1) is 11.5 Å². The number of aryl methyl sites for hydroxylation is 6. The monoisotopic (exact) mass is 672 g/mol. The number of pyridine rings is 2. The van der Waals surface area contributed by atoms with Crippen molar-refractivity contribution in [2.24, 2.45) is 0 Å². The Balaban J connectivity index is 0.761. The van der Waals surface area contributed by atoms with Gasteiger partial charge in [0.25, 0.3) is 0 Å². The summed E-state index contributed by atoms with van der Waals surface area (Å²) in [7, 11) is 3.95. The van der Waals surface area contributed by atoms with E-state index in [0.717, 1.165) is 24.6 Å². The highest BCUT2D eigenvalue weighted by Gasteiger charge is 2.25. The van der Waals surface area contributed by atoms with Crippen LogP contribution in [-0.2, 0) is 38.8 Å². The molecule has 4 nitrogen and oxygen atoms in total. The average molecular weight is 673 g/mol. The molecule has 4 aliphatic heterocycles. The molecule has 6 heteroatoms. The molecule has 0 atom stereocenters. The van der Waals surface area contributed by atoms with Crippen molar-refractivity contribution in [3.63, 3.8) is 0 Å². The van der Waals surface area contributed by atoms with Crippen molar-refractivity contribution in [1.29, 1.82) is 0 Å². The quantitative estimate of drug-likeness (QED) is 0.0909. The Morgan fingerprint density at radius 1 is 0.479 bits per heavy atom. The van der Waals surface area contributed by atoms with E-state index in [0.29, 0.717) is 0 Å². The van der Waals surface area contributed by atoms with Crippen molar-refractivity contribution in [1.82, 2.24) is 0 Å². The standard InChI is InChI=1S/C42H48N4S2/c1-5-37-29-35(30-38-6-2-18-45(17-1)41(37)38)11-9-33-13-21-43(22-14-33)25-27-47-48-28-26-44-23-15-34(16-24-44)10-12-36-31-39-7-3-19-46-20-4-8-40(32-36)42(39)46/h9-16,21-24,29-32H,1-8,17-20,25-28H2/q+2. The first-order valence-electron chi connectivity index (χ1n) is 18.2. The third kappa shape index (κ3) is 7.40. The van der Waals surface area contributed by atoms with Crippen LogP contribution in [0.2, 0.25) is 0 Å². The second-order valence-corrected chi connectivity index (χ2v) is 16.5. The topological polar surface area (TPSA) is 14.2 Å². The molecule has 0 saturated heterocycles. The summed E-state index contributed by atoms with van der Waals surface area (Å²) in [5.41, 5.74) is 14.6. The number of hydrogen-bond acceptors (Lipinski definition) is 4. The van der Waals surface area contributed by atoms with Gasteiger partial charge in [0.2, 0.25) is 0 Å². The first-order valence-corrected chi connectivity index (χ1v) is 20.6. The normalized spacial score (nSPS) is 16.8. The molecule has 0 N–H and O–H groups in total. The van der Waals surface area contributed by atoms with Gasteiger partial charge in [0.15, 0.2) is 37.9 Å². The molecule has 0 bridgehead atoms. The van der Waals surface area contributed by atoms with E-state index >= 15 is 0 Å². The van der Waals surface area contributed by atoms with Gasteiger partial charge in [-0.05, 0) is 120 Å². The molecule has 0 spiro atoms. The number of aromatic nitrogens is 2. The molecule has 0 fully saturated rings. The van der Waals surface area contributed by atoms with Gasteiger partial charge in [-0.25, -0.2) is 9.13 Å². The van der Waals surface area contributed by atoms with E-state index < -0.39 is 0 Å². The molecule has 8 rings (SSSR count). The van der Waals surface area contributed by atoms with Crippen LogP contribution in [-0.4, -0.2) is 37.7 Å². The molecule has 246 valence electrons. The third-order valence-corrected chi connectivity index (χ3v) is 12.8. The lowest BCUT2D eigenvalue weighted by molar-refractivity contribution is -0.692. The van der Waals surface area contributed by atoms with E-state index in [1.54, 1.807) is 33.6 Å². The van der Waals surface area contributed by atoms with Gasteiger partial charge < -0.3 is 9.80 Å². The van der Waals surface area contributed by atoms with Crippen molar-refractivity contribution < 1.29 is 9.13 Å². The Bertz CT molecular complexity index is 1600. The van der Waals surface area contributed by atoms with Crippen molar-refractivity contribution in [2.75, 3.05) is 47.5 Å². The molecule has 0 amide bonds. The summed E-state index contributed by atoms with van der Waals surface area (Å²) >= 11 is 0. The first kappa shape index (κ1) is 31.8. The van der Waals surface area contributed by atoms with Crippen LogP contribution in [0.1, 0.15) is 70.2 Å². The minimum absolute atomic E-state index is 1.03. The summed E-state index contributed by atoms with van der Waals surface area (Å²) in [5, 5.41) is 0. The number of rotatable bonds is 11. The minimum Gasteiger partial charge on any atom is -0.371 e. The fourth-order valence-corrected chi connectivity index (χ4v) is 10.1. The fourth-order valence-electron chi connectivity index (χ4n) is 8.10. The Morgan fingerprint density at radius 2 is 0.812 bits per heavy atom. The summed E-state index contributed by atoms with van der Waals surface area (Å²) in [5.74, 6) is 2.21. The Labute approximate surface area is 295 Å². The van der Waals surface area contributed by atoms with Crippen LogP contribution in [0.3, 0.4) is 0 Å². The summed E-state index contributed by atoms with van der Waals surface area (Å²) in [6.07, 6.45) is 28.1. The van der Waals surface area contributed by atoms with Gasteiger partial charge in [0.1, 0.15) is 0 Å². The maximum absolute atomic E-state index is 2.62. The molecule has 6 heterocycles. The second kappa shape index (κ2) is 15.0. The molecule has 0 aliphatic carbocycles. The zero-order valence-corrected chi connectivity index (χ0v) is 29.8. The van der Waals surface area contributed by atoms with E-state index in [9.17, 15) is 0 Å². The minimum atomic E-state index is 1.03. The fraction of sp³-hybridized carbons (Fsp3) is 0.381. The smallest absolute Gasteiger partial charge is 0.169 e. The van der Waals surface area contributed by atoms with Crippen LogP contribution < -0.4 is 18.9 Å². The molecular formula is C42H48N4S2+2. The van der Waals surface area contributed by atoms with E-state index in [1.807, 2.05) is 21.6 Å². The highest BCUT2D eigenvalue weighted by molar-refractivity contribution is 8.76. The number of anilines is 2. The molecule has 0 unspecified atom stereocenters. The van der Waals surface area contributed by atoms with Gasteiger partial charge in [-0.3, -0.25) is 0 Å². The molecule has 0 saturated carbocycles. The first-order chi connectivity index (χ1) is 23.7. The van der Waals surface area contributed by atoms with Crippen molar-refractivity contribution in [3.8, 4) is 0 Å². The Kier molecular flexibility index (Phi) is 9.90. The lowest BCUT2D eigenvalue weighted by Gasteiger charge is -2.37. The lowest BCUT2D eigenvalue weighted by Crippen LogP contribution is -2.34. The van der Waals surface area contributed by atoms with E-state index in [2.05, 4.69) is 117 Å². The van der Waals surface area contributed by atoms with E-state index in [-0.39, 0.29) is 0 Å². The summed E-state index contributed by atoms with van der Waals surface area (Å²) < 4.78 is 4.61. The number of hydrogen-bond donors (Lipinski definition) is 0. The zero-order valence-electron chi connectivity index (χ0n) is 28.2. The van der Waals surface area contributed by atoms with Crippen LogP contribution in [0.25, 0.3) is 24.3 Å². The average Bonchev–Trinajstić information content (AvgIpc) is 3.13. The maximum atomic E-state index is 2.62. The highest BCUT2D eigenvalue weighted by Crippen LogP contribution is 2.37. The Morgan fingerprint density at radius 3 is 1.17 bits per heavy atom. The largest absolute Gasteiger partial charge is 0.371 e. The maximum Gasteiger partial charge on any atom is 0.169 e. The van der Waals surface area contributed by atoms with Gasteiger partial charge in [-0.2, -0.15) is 0 Å². The SMILES string of the molecule is C(=C\c1cc2c3c(c1)CCCN3CCC2)/c1cc[n+](CCSSCC[n+]2ccc(/C=C/c3cc4c5c(c3)CCCN5CCC4)cc2)cc1. The number of nitrogens with zero attached hydrogens (tertiary/aromatic N) is 4. The van der Waals surface area contributed by atoms with E-state index in [4.69, 9.17) is 0 Å². The third-order valence-electron chi connectivity index (χ3n) is 10.4. The highest BCUT2D eigenvalue weighted by atomic mass is 33.1. The molecular weight excluding hydrogens is 625 g/mol. The zero-order chi connectivity index (χ0) is 32.1. The molecule has 48 heavy (non-hydrogen) atoms. The Hall–Kier alpha value is -3.48. The lowest BCUT2D eigenvalue weighted by atomic mass is 9.90. The predicted octanol–water partition coefficient (Wildman–Crippen LogP) is 8.08. The number of benzene rings is 2. The second-order valence-electron chi connectivity index (χ2n) is 13.8. The predicted molar refractivity (Wildman–Crippen MR) is 207 cm³/mol. The van der Waals surface area contributed by atoms with Crippen molar-refractivity contribution in [2.45, 2.75) is 64.5 Å². The van der Waals surface area contributed by atoms with Crippen LogP contribution in [0.15, 0.2) is 73.3 Å². The van der Waals surface area contributed by atoms with Crippen molar-refractivity contribution in [3.05, 3.63) is 118 Å². The summed E-state index contributed by atoms with van der Waals surface area (Å²) in [4.78, 5) is 5.24. The van der Waals surface area contributed by atoms with Crippen LogP contribution in [0, 0.1) is 0 Å². The van der Waals surface area contributed by atoms with Gasteiger partial charge >= 0.3 is 0 Å². The van der Waals surface area contributed by atoms with Crippen LogP contribution in [0.5, 0.6) is 0 Å². The van der Waals surface area contributed by atoms with E-state index in [1.165, 1.54) is 99.8 Å². The molecule has 4 aliphatic rings. The van der Waals surface area contributed by atoms with Crippen LogP contribution in [0.4, 0.5) is 11.4 Å².